The maximum absolute atomic E-state index is 5.82. The van der Waals surface area contributed by atoms with E-state index >= 15 is 0 Å². The van der Waals surface area contributed by atoms with Gasteiger partial charge in [0.1, 0.15) is 5.75 Å². The Morgan fingerprint density at radius 1 is 1.24 bits per heavy atom. The van der Waals surface area contributed by atoms with Gasteiger partial charge in [-0.15, -0.1) is 0 Å². The number of ether oxygens (including phenoxy) is 1. The van der Waals surface area contributed by atoms with Gasteiger partial charge in [-0.2, -0.15) is 0 Å². The summed E-state index contributed by atoms with van der Waals surface area (Å²) < 4.78 is 7.93. The maximum atomic E-state index is 5.82. The summed E-state index contributed by atoms with van der Waals surface area (Å²) in [6.45, 7) is 0.779. The van der Waals surface area contributed by atoms with Crippen LogP contribution in [0.25, 0.3) is 0 Å². The first-order valence-electron chi connectivity index (χ1n) is 6.89. The van der Waals surface area contributed by atoms with Crippen molar-refractivity contribution in [2.24, 2.45) is 0 Å². The Hall–Kier alpha value is -0.910. The highest BCUT2D eigenvalue weighted by molar-refractivity contribution is 9.10. The van der Waals surface area contributed by atoms with Gasteiger partial charge in [0.25, 0.3) is 0 Å². The summed E-state index contributed by atoms with van der Waals surface area (Å²) in [6, 6.07) is 6.62. The van der Waals surface area contributed by atoms with Crippen LogP contribution in [0.5, 0.6) is 5.75 Å². The molecule has 1 N–H and O–H groups in total. The van der Waals surface area contributed by atoms with E-state index in [1.54, 1.807) is 6.20 Å². The molecule has 0 bridgehead atoms. The number of halogens is 2. The summed E-state index contributed by atoms with van der Waals surface area (Å²) in [5.74, 6) is 1.06. The topological polar surface area (TPSA) is 34.1 Å². The van der Waals surface area contributed by atoms with Crippen LogP contribution in [0.1, 0.15) is 22.7 Å². The Kier molecular flexibility index (Phi) is 4.62. The quantitative estimate of drug-likeness (QED) is 0.824. The lowest BCUT2D eigenvalue weighted by molar-refractivity contribution is 0.352. The summed E-state index contributed by atoms with van der Waals surface area (Å²) >= 11 is 7.08. The Morgan fingerprint density at radius 3 is 2.86 bits per heavy atom. The molecule has 1 unspecified atom stereocenters. The molecule has 3 nitrogen and oxygen atoms in total. The SMILES string of the molecule is CNC(Cc1cc(Br)cc2c1OCC2)c1cncc(Br)c1. The molecular weight excluding hydrogens is 396 g/mol. The van der Waals surface area contributed by atoms with Gasteiger partial charge in [0.2, 0.25) is 0 Å². The molecule has 0 saturated carbocycles. The summed E-state index contributed by atoms with van der Waals surface area (Å²) in [5.41, 5.74) is 3.69. The van der Waals surface area contributed by atoms with Crippen LogP contribution in [-0.2, 0) is 12.8 Å². The van der Waals surface area contributed by atoms with Crippen molar-refractivity contribution in [3.8, 4) is 5.75 Å². The van der Waals surface area contributed by atoms with E-state index in [9.17, 15) is 0 Å². The van der Waals surface area contributed by atoms with Gasteiger partial charge in [0.05, 0.1) is 6.61 Å². The van der Waals surface area contributed by atoms with Gasteiger partial charge in [-0.25, -0.2) is 0 Å². The largest absolute Gasteiger partial charge is 0.493 e. The number of likely N-dealkylation sites (N-methyl/N-ethyl adjacent to an activating group) is 1. The molecule has 0 saturated heterocycles. The predicted molar refractivity (Wildman–Crippen MR) is 90.8 cm³/mol. The van der Waals surface area contributed by atoms with Gasteiger partial charge >= 0.3 is 0 Å². The van der Waals surface area contributed by atoms with Gasteiger partial charge in [-0.05, 0) is 64.3 Å². The van der Waals surface area contributed by atoms with Crippen LogP contribution < -0.4 is 10.1 Å². The number of aromatic nitrogens is 1. The van der Waals surface area contributed by atoms with E-state index in [2.05, 4.69) is 60.4 Å². The van der Waals surface area contributed by atoms with Crippen LogP contribution in [0.15, 0.2) is 39.5 Å². The zero-order valence-electron chi connectivity index (χ0n) is 11.7. The van der Waals surface area contributed by atoms with Crippen molar-refractivity contribution in [3.05, 3.63) is 56.2 Å². The molecule has 2 heterocycles. The van der Waals surface area contributed by atoms with Crippen LogP contribution in [-0.4, -0.2) is 18.6 Å². The molecule has 0 radical (unpaired) electrons. The minimum atomic E-state index is 0.206. The third kappa shape index (κ3) is 3.30. The lowest BCUT2D eigenvalue weighted by Crippen LogP contribution is -2.19. The molecule has 5 heteroatoms. The fraction of sp³-hybridized carbons (Fsp3) is 0.312. The molecule has 1 aliphatic rings. The molecule has 110 valence electrons. The molecule has 2 aromatic rings. The van der Waals surface area contributed by atoms with E-state index in [1.165, 1.54) is 16.7 Å². The Bertz CT molecular complexity index is 661. The summed E-state index contributed by atoms with van der Waals surface area (Å²) in [6.07, 6.45) is 5.57. The van der Waals surface area contributed by atoms with E-state index in [-0.39, 0.29) is 6.04 Å². The Labute approximate surface area is 141 Å². The summed E-state index contributed by atoms with van der Waals surface area (Å²) in [5, 5.41) is 3.37. The normalized spacial score (nSPS) is 14.6. The van der Waals surface area contributed by atoms with Crippen molar-refractivity contribution in [1.29, 1.82) is 0 Å². The number of hydrogen-bond acceptors (Lipinski definition) is 3. The average molecular weight is 412 g/mol. The Balaban J connectivity index is 1.91. The molecule has 1 aromatic heterocycles. The predicted octanol–water partition coefficient (Wildman–Crippen LogP) is 4.04. The van der Waals surface area contributed by atoms with Crippen molar-refractivity contribution in [2.45, 2.75) is 18.9 Å². The molecule has 0 amide bonds. The highest BCUT2D eigenvalue weighted by Gasteiger charge is 2.20. The summed E-state index contributed by atoms with van der Waals surface area (Å²) in [4.78, 5) is 4.26. The second-order valence-corrected chi connectivity index (χ2v) is 6.96. The van der Waals surface area contributed by atoms with Crippen LogP contribution in [0, 0.1) is 0 Å². The van der Waals surface area contributed by atoms with Crippen molar-refractivity contribution in [1.82, 2.24) is 10.3 Å². The second-order valence-electron chi connectivity index (χ2n) is 5.13. The van der Waals surface area contributed by atoms with Crippen molar-refractivity contribution < 1.29 is 4.74 Å². The molecule has 0 aliphatic carbocycles. The summed E-state index contributed by atoms with van der Waals surface area (Å²) in [7, 11) is 1.98. The first-order valence-corrected chi connectivity index (χ1v) is 8.48. The molecule has 3 rings (SSSR count). The van der Waals surface area contributed by atoms with E-state index in [1.807, 2.05) is 13.2 Å². The number of nitrogens with one attached hydrogen (secondary N) is 1. The van der Waals surface area contributed by atoms with Gasteiger partial charge < -0.3 is 10.1 Å². The van der Waals surface area contributed by atoms with Gasteiger partial charge in [0.15, 0.2) is 0 Å². The molecule has 21 heavy (non-hydrogen) atoms. The smallest absolute Gasteiger partial charge is 0.125 e. The number of nitrogens with zero attached hydrogens (tertiary/aromatic N) is 1. The van der Waals surface area contributed by atoms with E-state index < -0.39 is 0 Å². The van der Waals surface area contributed by atoms with Gasteiger partial charge in [-0.1, -0.05) is 15.9 Å². The monoisotopic (exact) mass is 410 g/mol. The first kappa shape index (κ1) is 15.0. The highest BCUT2D eigenvalue weighted by atomic mass is 79.9. The fourth-order valence-corrected chi connectivity index (χ4v) is 3.66. The lowest BCUT2D eigenvalue weighted by Gasteiger charge is -2.18. The standard InChI is InChI=1S/C16H16Br2N2O/c1-19-15(12-6-14(18)9-20-8-12)7-11-5-13(17)4-10-2-3-21-16(10)11/h4-6,8-9,15,19H,2-3,7H2,1H3. The lowest BCUT2D eigenvalue weighted by atomic mass is 9.98. The van der Waals surface area contributed by atoms with Gasteiger partial charge in [-0.3, -0.25) is 4.98 Å². The second kappa shape index (κ2) is 6.46. The number of benzene rings is 1. The highest BCUT2D eigenvalue weighted by Crippen LogP contribution is 2.35. The van der Waals surface area contributed by atoms with Crippen molar-refractivity contribution in [3.63, 3.8) is 0 Å². The third-order valence-electron chi connectivity index (χ3n) is 3.73. The minimum Gasteiger partial charge on any atom is -0.493 e. The van der Waals surface area contributed by atoms with Crippen LogP contribution in [0.4, 0.5) is 0 Å². The first-order chi connectivity index (χ1) is 10.2. The zero-order valence-corrected chi connectivity index (χ0v) is 14.9. The molecule has 0 fully saturated rings. The maximum Gasteiger partial charge on any atom is 0.125 e. The zero-order chi connectivity index (χ0) is 14.8. The molecule has 1 aromatic carbocycles. The van der Waals surface area contributed by atoms with Crippen LogP contribution in [0.3, 0.4) is 0 Å². The van der Waals surface area contributed by atoms with Crippen LogP contribution in [0.2, 0.25) is 0 Å². The molecule has 1 atom stereocenters. The van der Waals surface area contributed by atoms with Crippen molar-refractivity contribution in [2.75, 3.05) is 13.7 Å². The third-order valence-corrected chi connectivity index (χ3v) is 4.62. The number of rotatable bonds is 4. The number of pyridine rings is 1. The van der Waals surface area contributed by atoms with Crippen molar-refractivity contribution >= 4 is 31.9 Å². The minimum absolute atomic E-state index is 0.206. The molecular formula is C16H16Br2N2O. The van der Waals surface area contributed by atoms with Gasteiger partial charge in [0, 0.05) is 33.8 Å². The fourth-order valence-electron chi connectivity index (χ4n) is 2.72. The Morgan fingerprint density at radius 2 is 2.10 bits per heavy atom. The molecule has 1 aliphatic heterocycles. The van der Waals surface area contributed by atoms with E-state index in [0.29, 0.717) is 0 Å². The average Bonchev–Trinajstić information content (AvgIpc) is 2.92. The van der Waals surface area contributed by atoms with E-state index in [0.717, 1.165) is 34.1 Å². The number of fused-ring (bicyclic) bond motifs is 1. The molecule has 0 spiro atoms. The van der Waals surface area contributed by atoms with Crippen LogP contribution >= 0.6 is 31.9 Å². The van der Waals surface area contributed by atoms with E-state index in [4.69, 9.17) is 4.74 Å². The number of hydrogen-bond donors (Lipinski definition) is 1.